The lowest BCUT2D eigenvalue weighted by Gasteiger charge is -2.56. The van der Waals surface area contributed by atoms with Gasteiger partial charge in [0.2, 0.25) is 0 Å². The molecule has 6 atom stereocenters. The van der Waals surface area contributed by atoms with Crippen LogP contribution >= 0.6 is 0 Å². The average molecular weight is 549 g/mol. The van der Waals surface area contributed by atoms with Gasteiger partial charge in [0.1, 0.15) is 12.2 Å². The van der Waals surface area contributed by atoms with Crippen molar-refractivity contribution >= 4 is 0 Å². The van der Waals surface area contributed by atoms with Gasteiger partial charge in [-0.05, 0) is 57.0 Å². The number of piperidine rings is 1. The highest BCUT2D eigenvalue weighted by Crippen LogP contribution is 2.62. The molecule has 1 fully saturated rings. The van der Waals surface area contributed by atoms with Crippen LogP contribution in [0, 0.1) is 5.92 Å². The number of hydrogen-bond donors (Lipinski definition) is 6. The molecule has 1 aromatic heterocycles. The largest absolute Gasteiger partial charge is 0.504 e. The van der Waals surface area contributed by atoms with Crippen molar-refractivity contribution in [2.75, 3.05) is 13.6 Å². The fraction of sp³-hybridized carbons (Fsp3) is 0.400. The van der Waals surface area contributed by atoms with E-state index < -0.39 is 23.2 Å². The van der Waals surface area contributed by atoms with E-state index in [1.807, 2.05) is 47.2 Å². The molecule has 3 aromatic rings. The minimum atomic E-state index is -0.708. The first-order chi connectivity index (χ1) is 19.1. The summed E-state index contributed by atoms with van der Waals surface area (Å²) in [6.45, 7) is 3.03. The summed E-state index contributed by atoms with van der Waals surface area (Å²) in [5.41, 5.74) is 7.91. The number of nitrogens with two attached hydrogens (primary N) is 1. The number of nitrogens with one attached hydrogen (secondary N) is 2. The van der Waals surface area contributed by atoms with Gasteiger partial charge in [-0.15, -0.1) is 0 Å². The second kappa shape index (κ2) is 11.0. The van der Waals surface area contributed by atoms with Gasteiger partial charge >= 0.3 is 5.69 Å². The number of aliphatic hydroxyl groups is 1. The van der Waals surface area contributed by atoms with Gasteiger partial charge in [0.15, 0.2) is 17.4 Å². The molecular formula is C30H36N4O6. The van der Waals surface area contributed by atoms with Crippen molar-refractivity contribution in [2.45, 2.75) is 55.9 Å². The Balaban J connectivity index is 0.000000142. The summed E-state index contributed by atoms with van der Waals surface area (Å²) in [5.74, 6) is 0.762. The third-order valence-corrected chi connectivity index (χ3v) is 8.30. The summed E-state index contributed by atoms with van der Waals surface area (Å²) in [7, 11) is 2.19. The maximum Gasteiger partial charge on any atom is 0.328 e. The van der Waals surface area contributed by atoms with E-state index in [9.17, 15) is 19.8 Å². The quantitative estimate of drug-likeness (QED) is 0.263. The van der Waals surface area contributed by atoms with Crippen LogP contribution < -0.4 is 21.7 Å². The molecule has 40 heavy (non-hydrogen) atoms. The van der Waals surface area contributed by atoms with Crippen molar-refractivity contribution in [1.82, 2.24) is 14.9 Å². The molecule has 0 amide bonds. The lowest BCUT2D eigenvalue weighted by Crippen LogP contribution is -2.64. The molecule has 2 bridgehead atoms. The number of benzene rings is 2. The predicted molar refractivity (Wildman–Crippen MR) is 151 cm³/mol. The van der Waals surface area contributed by atoms with Crippen LogP contribution in [0.5, 0.6) is 17.4 Å². The zero-order chi connectivity index (χ0) is 28.6. The van der Waals surface area contributed by atoms with Gasteiger partial charge in [-0.25, -0.2) is 4.79 Å². The second-order valence-electron chi connectivity index (χ2n) is 11.1. The van der Waals surface area contributed by atoms with E-state index in [-0.39, 0.29) is 23.3 Å². The molecule has 10 heteroatoms. The minimum absolute atomic E-state index is 0.160. The number of phenolic OH excluding ortho intramolecular Hbond substituents is 1. The molecule has 7 rings (SSSR count). The highest BCUT2D eigenvalue weighted by Gasteiger charge is 2.64. The predicted octanol–water partition coefficient (Wildman–Crippen LogP) is 1.54. The molecule has 7 N–H and O–H groups in total. The fourth-order valence-electron chi connectivity index (χ4n) is 6.68. The number of H-pyrrole nitrogens is 2. The van der Waals surface area contributed by atoms with Crippen LogP contribution in [0.25, 0.3) is 0 Å². The topological polar surface area (TPSA) is 165 Å². The number of aromatic nitrogens is 2. The van der Waals surface area contributed by atoms with E-state index in [2.05, 4.69) is 30.2 Å². The van der Waals surface area contributed by atoms with Crippen molar-refractivity contribution in [3.63, 3.8) is 0 Å². The average Bonchev–Trinajstić information content (AvgIpc) is 3.25. The van der Waals surface area contributed by atoms with Gasteiger partial charge in [0.25, 0.3) is 5.56 Å². The van der Waals surface area contributed by atoms with Crippen molar-refractivity contribution in [3.8, 4) is 17.4 Å². The number of aromatic amines is 2. The van der Waals surface area contributed by atoms with Gasteiger partial charge in [-0.3, -0.25) is 14.8 Å². The zero-order valence-electron chi connectivity index (χ0n) is 22.6. The number of hydrogen-bond acceptors (Lipinski definition) is 8. The van der Waals surface area contributed by atoms with E-state index in [0.29, 0.717) is 17.7 Å². The molecule has 4 aliphatic rings. The smallest absolute Gasteiger partial charge is 0.328 e. The molecule has 2 aromatic carbocycles. The number of ether oxygens (including phenoxy) is 1. The Bertz CT molecular complexity index is 1470. The number of rotatable bonds is 2. The number of aromatic hydroxyl groups is 2. The Morgan fingerprint density at radius 1 is 1.12 bits per heavy atom. The Kier molecular flexibility index (Phi) is 7.59. The summed E-state index contributed by atoms with van der Waals surface area (Å²) in [6.07, 6.45) is 6.15. The minimum Gasteiger partial charge on any atom is -0.504 e. The molecule has 2 aliphatic heterocycles. The van der Waals surface area contributed by atoms with Gasteiger partial charge in [0.05, 0.1) is 6.07 Å². The molecule has 0 radical (unpaired) electrons. The maximum atomic E-state index is 10.4. The monoisotopic (exact) mass is 548 g/mol. The van der Waals surface area contributed by atoms with Crippen LogP contribution in [0.3, 0.4) is 0 Å². The van der Waals surface area contributed by atoms with Gasteiger partial charge in [0, 0.05) is 29.0 Å². The molecular weight excluding hydrogens is 512 g/mol. The highest BCUT2D eigenvalue weighted by atomic mass is 16.5. The number of aliphatic hydroxyl groups excluding tert-OH is 1. The lowest BCUT2D eigenvalue weighted by atomic mass is 9.53. The summed E-state index contributed by atoms with van der Waals surface area (Å²) >= 11 is 0. The first-order valence-electron chi connectivity index (χ1n) is 13.5. The van der Waals surface area contributed by atoms with Gasteiger partial charge in [-0.1, -0.05) is 48.6 Å². The molecule has 1 unspecified atom stereocenters. The summed E-state index contributed by atoms with van der Waals surface area (Å²) < 4.78 is 6.09. The van der Waals surface area contributed by atoms with Gasteiger partial charge < -0.3 is 30.7 Å². The fourth-order valence-corrected chi connectivity index (χ4v) is 6.68. The van der Waals surface area contributed by atoms with E-state index in [1.165, 1.54) is 16.7 Å². The van der Waals surface area contributed by atoms with Crippen LogP contribution in [0.4, 0.5) is 0 Å². The van der Waals surface area contributed by atoms with Crippen molar-refractivity contribution in [1.29, 1.82) is 0 Å². The third-order valence-electron chi connectivity index (χ3n) is 8.30. The molecule has 212 valence electrons. The molecule has 10 nitrogen and oxygen atoms in total. The maximum absolute atomic E-state index is 10.4. The van der Waals surface area contributed by atoms with E-state index >= 15 is 0 Å². The summed E-state index contributed by atoms with van der Waals surface area (Å²) in [6, 6.07) is 15.7. The number of phenols is 1. The molecule has 1 spiro atoms. The normalized spacial score (nSPS) is 27.7. The standard InChI is InChI=1S/C17H19NO3.C9H13N.C4H4N2O3/c1-18-7-6-17-10-3-5-13(20)16(17)21-15-12(19)4-2-9(14(15)17)8-11(10)18;1-8(10)7-9-5-3-2-4-6-9;7-2-1-3(8)6-4(9)5-2/h2-5,10-11,13,16,19-20H,6-8H2,1H3;2-6,8H,7,10H2,1H3;1H,(H3,5,6,7,8,9)/t10-,11+,13-,16-,17-;;/m0../s1. The Hall–Kier alpha value is -3.86. The summed E-state index contributed by atoms with van der Waals surface area (Å²) in [5, 5.41) is 29.2. The molecule has 2 aliphatic carbocycles. The van der Waals surface area contributed by atoms with Crippen molar-refractivity contribution in [2.24, 2.45) is 11.7 Å². The van der Waals surface area contributed by atoms with Crippen molar-refractivity contribution in [3.05, 3.63) is 98.2 Å². The number of nitrogens with zero attached hydrogens (tertiary/aromatic N) is 1. The molecule has 1 saturated heterocycles. The van der Waals surface area contributed by atoms with Crippen LogP contribution in [0.2, 0.25) is 0 Å². The molecule has 3 heterocycles. The number of likely N-dealkylation sites (tertiary alicyclic amines) is 1. The van der Waals surface area contributed by atoms with Gasteiger partial charge in [-0.2, -0.15) is 0 Å². The van der Waals surface area contributed by atoms with E-state index in [1.54, 1.807) is 6.07 Å². The lowest BCUT2D eigenvalue weighted by molar-refractivity contribution is -0.0453. The number of likely N-dealkylation sites (N-methyl/N-ethyl adjacent to an activating group) is 1. The Morgan fingerprint density at radius 2 is 1.88 bits per heavy atom. The first-order valence-corrected chi connectivity index (χ1v) is 13.5. The Morgan fingerprint density at radius 3 is 2.55 bits per heavy atom. The van der Waals surface area contributed by atoms with Crippen LogP contribution in [-0.2, 0) is 18.3 Å². The van der Waals surface area contributed by atoms with E-state index in [0.717, 1.165) is 31.9 Å². The third kappa shape index (κ3) is 5.05. The summed E-state index contributed by atoms with van der Waals surface area (Å²) in [4.78, 5) is 26.8. The molecule has 0 saturated carbocycles. The SMILES string of the molecule is CC(N)Cc1ccccc1.CN1CC[C@]23c4c5ccc(O)c4O[C@H]2[C@@H](O)C=C[C@H]3[C@H]1C5.O=c1cc(O)[nH]c(=O)[nH]1. The van der Waals surface area contributed by atoms with Crippen LogP contribution in [-0.4, -0.2) is 68.1 Å². The van der Waals surface area contributed by atoms with Crippen LogP contribution in [0.15, 0.2) is 70.3 Å². The zero-order valence-corrected chi connectivity index (χ0v) is 22.6. The first kappa shape index (κ1) is 27.7. The van der Waals surface area contributed by atoms with Crippen molar-refractivity contribution < 1.29 is 20.1 Å². The Labute approximate surface area is 231 Å². The van der Waals surface area contributed by atoms with Crippen LogP contribution in [0.1, 0.15) is 30.0 Å². The van der Waals surface area contributed by atoms with E-state index in [4.69, 9.17) is 15.6 Å². The second-order valence-corrected chi connectivity index (χ2v) is 11.1. The highest BCUT2D eigenvalue weighted by molar-refractivity contribution is 5.61.